The van der Waals surface area contributed by atoms with Crippen LogP contribution in [-0.2, 0) is 14.6 Å². The predicted molar refractivity (Wildman–Crippen MR) is 108 cm³/mol. The van der Waals surface area contributed by atoms with Crippen molar-refractivity contribution in [2.75, 3.05) is 44.7 Å². The van der Waals surface area contributed by atoms with Gasteiger partial charge >= 0.3 is 0 Å². The summed E-state index contributed by atoms with van der Waals surface area (Å²) in [5.41, 5.74) is -0.0987. The number of piperidine rings is 1. The van der Waals surface area contributed by atoms with E-state index >= 15 is 0 Å². The van der Waals surface area contributed by atoms with E-state index in [4.69, 9.17) is 0 Å². The highest BCUT2D eigenvalue weighted by Crippen LogP contribution is 2.30. The van der Waals surface area contributed by atoms with Crippen LogP contribution < -0.4 is 5.32 Å². The number of likely N-dealkylation sites (tertiary alicyclic amines) is 1. The molecule has 6 nitrogen and oxygen atoms in total. The van der Waals surface area contributed by atoms with Crippen LogP contribution in [0.3, 0.4) is 0 Å². The number of rotatable bonds is 6. The van der Waals surface area contributed by atoms with E-state index in [1.807, 2.05) is 11.9 Å². The highest BCUT2D eigenvalue weighted by molar-refractivity contribution is 7.91. The summed E-state index contributed by atoms with van der Waals surface area (Å²) in [6.07, 6.45) is 8.89. The Kier molecular flexibility index (Phi) is 6.85. The van der Waals surface area contributed by atoms with Crippen molar-refractivity contribution in [2.24, 2.45) is 5.92 Å². The van der Waals surface area contributed by atoms with Gasteiger partial charge in [0.05, 0.1) is 23.6 Å². The van der Waals surface area contributed by atoms with Gasteiger partial charge in [-0.1, -0.05) is 26.2 Å². The van der Waals surface area contributed by atoms with Crippen molar-refractivity contribution in [2.45, 2.75) is 69.9 Å². The average Bonchev–Trinajstić information content (AvgIpc) is 2.98. The number of nitrogens with one attached hydrogen (secondary N) is 1. The summed E-state index contributed by atoms with van der Waals surface area (Å²) in [5, 5.41) is 3.39. The SMILES string of the molecule is CC1CCN(CC2(NC(=O)CN(C)C3CCS(=O)(=O)C3)CCCCC2)CC1. The van der Waals surface area contributed by atoms with Crippen LogP contribution in [0, 0.1) is 5.92 Å². The summed E-state index contributed by atoms with van der Waals surface area (Å²) in [6, 6.07) is -0.0216. The number of hydrogen-bond acceptors (Lipinski definition) is 5. The molecule has 0 aromatic heterocycles. The third-order valence-electron chi connectivity index (χ3n) is 6.84. The van der Waals surface area contributed by atoms with Gasteiger partial charge in [-0.2, -0.15) is 0 Å². The van der Waals surface area contributed by atoms with Crippen molar-refractivity contribution in [3.05, 3.63) is 0 Å². The number of carbonyl (C=O) groups is 1. The molecule has 3 fully saturated rings. The minimum atomic E-state index is -2.92. The third kappa shape index (κ3) is 5.91. The summed E-state index contributed by atoms with van der Waals surface area (Å²) in [7, 11) is -1.04. The molecule has 0 radical (unpaired) electrons. The van der Waals surface area contributed by atoms with Gasteiger partial charge in [0.25, 0.3) is 0 Å². The normalized spacial score (nSPS) is 29.1. The lowest BCUT2D eigenvalue weighted by molar-refractivity contribution is -0.125. The second-order valence-electron chi connectivity index (χ2n) is 9.32. The molecule has 0 aromatic carbocycles. The van der Waals surface area contributed by atoms with Gasteiger partial charge in [-0.25, -0.2) is 8.42 Å². The van der Waals surface area contributed by atoms with Gasteiger partial charge < -0.3 is 10.2 Å². The maximum atomic E-state index is 12.8. The maximum Gasteiger partial charge on any atom is 0.234 e. The molecule has 2 heterocycles. The van der Waals surface area contributed by atoms with Crippen LogP contribution in [-0.4, -0.2) is 80.4 Å². The largest absolute Gasteiger partial charge is 0.348 e. The molecule has 1 N–H and O–H groups in total. The summed E-state index contributed by atoms with van der Waals surface area (Å²) in [5.74, 6) is 1.30. The Morgan fingerprint density at radius 3 is 2.41 bits per heavy atom. The maximum absolute atomic E-state index is 12.8. The van der Waals surface area contributed by atoms with Crippen molar-refractivity contribution in [1.82, 2.24) is 15.1 Å². The van der Waals surface area contributed by atoms with Crippen LogP contribution in [0.25, 0.3) is 0 Å². The standard InChI is InChI=1S/C20H37N3O3S/c1-17-6-11-23(12-7-17)16-20(9-4-3-5-10-20)21-19(24)14-22(2)18-8-13-27(25,26)15-18/h17-18H,3-16H2,1-2H3,(H,21,24). The van der Waals surface area contributed by atoms with Crippen molar-refractivity contribution in [1.29, 1.82) is 0 Å². The zero-order valence-corrected chi connectivity index (χ0v) is 17.9. The quantitative estimate of drug-likeness (QED) is 0.736. The highest BCUT2D eigenvalue weighted by atomic mass is 32.2. The summed E-state index contributed by atoms with van der Waals surface area (Å²) in [6.45, 7) is 5.86. The van der Waals surface area contributed by atoms with Crippen molar-refractivity contribution in [3.8, 4) is 0 Å². The Balaban J connectivity index is 1.56. The average molecular weight is 400 g/mol. The van der Waals surface area contributed by atoms with Crippen molar-refractivity contribution < 1.29 is 13.2 Å². The van der Waals surface area contributed by atoms with Crippen molar-refractivity contribution >= 4 is 15.7 Å². The van der Waals surface area contributed by atoms with Crippen LogP contribution >= 0.6 is 0 Å². The number of carbonyl (C=O) groups excluding carboxylic acids is 1. The van der Waals surface area contributed by atoms with Gasteiger partial charge in [-0.05, 0) is 58.2 Å². The first kappa shape index (κ1) is 21.1. The van der Waals surface area contributed by atoms with Gasteiger partial charge in [0, 0.05) is 12.6 Å². The molecule has 27 heavy (non-hydrogen) atoms. The second-order valence-corrected chi connectivity index (χ2v) is 11.5. The van der Waals surface area contributed by atoms with Crippen LogP contribution in [0.15, 0.2) is 0 Å². The summed E-state index contributed by atoms with van der Waals surface area (Å²) in [4.78, 5) is 17.3. The van der Waals surface area contributed by atoms with Gasteiger partial charge in [0.15, 0.2) is 9.84 Å². The van der Waals surface area contributed by atoms with E-state index in [0.717, 1.165) is 38.4 Å². The van der Waals surface area contributed by atoms with E-state index in [-0.39, 0.29) is 29.0 Å². The Morgan fingerprint density at radius 2 is 1.81 bits per heavy atom. The lowest BCUT2D eigenvalue weighted by Crippen LogP contribution is -2.59. The van der Waals surface area contributed by atoms with Gasteiger partial charge in [-0.3, -0.25) is 9.69 Å². The van der Waals surface area contributed by atoms with Gasteiger partial charge in [0.2, 0.25) is 5.91 Å². The molecule has 1 amide bonds. The molecule has 1 saturated carbocycles. The number of amides is 1. The molecule has 3 rings (SSSR count). The first-order valence-corrected chi connectivity index (χ1v) is 12.5. The van der Waals surface area contributed by atoms with Crippen LogP contribution in [0.5, 0.6) is 0 Å². The molecule has 0 spiro atoms. The van der Waals surface area contributed by atoms with E-state index in [1.54, 1.807) is 0 Å². The Morgan fingerprint density at radius 1 is 1.15 bits per heavy atom. The van der Waals surface area contributed by atoms with Crippen LogP contribution in [0.2, 0.25) is 0 Å². The minimum absolute atomic E-state index is 0.0216. The Hall–Kier alpha value is -0.660. The molecule has 3 aliphatic rings. The number of hydrogen-bond donors (Lipinski definition) is 1. The molecule has 0 bridgehead atoms. The number of nitrogens with zero attached hydrogens (tertiary/aromatic N) is 2. The molecule has 1 unspecified atom stereocenters. The van der Waals surface area contributed by atoms with E-state index in [2.05, 4.69) is 17.1 Å². The third-order valence-corrected chi connectivity index (χ3v) is 8.59. The molecule has 7 heteroatoms. The molecule has 2 saturated heterocycles. The van der Waals surface area contributed by atoms with Crippen LogP contribution in [0.1, 0.15) is 58.3 Å². The fraction of sp³-hybridized carbons (Fsp3) is 0.950. The fourth-order valence-electron chi connectivity index (χ4n) is 5.01. The highest BCUT2D eigenvalue weighted by Gasteiger charge is 2.37. The molecule has 156 valence electrons. The lowest BCUT2D eigenvalue weighted by Gasteiger charge is -2.43. The molecular formula is C20H37N3O3S. The molecule has 1 aliphatic carbocycles. The monoisotopic (exact) mass is 399 g/mol. The lowest BCUT2D eigenvalue weighted by atomic mass is 9.80. The van der Waals surface area contributed by atoms with Crippen LogP contribution in [0.4, 0.5) is 0 Å². The Bertz CT molecular complexity index is 608. The zero-order chi connectivity index (χ0) is 19.5. The van der Waals surface area contributed by atoms with Crippen molar-refractivity contribution in [3.63, 3.8) is 0 Å². The molecule has 1 atom stereocenters. The minimum Gasteiger partial charge on any atom is -0.348 e. The first-order chi connectivity index (χ1) is 12.8. The molecule has 0 aromatic rings. The number of sulfone groups is 1. The van der Waals surface area contributed by atoms with E-state index in [1.165, 1.54) is 32.1 Å². The summed E-state index contributed by atoms with van der Waals surface area (Å²) < 4.78 is 23.4. The zero-order valence-electron chi connectivity index (χ0n) is 17.1. The van der Waals surface area contributed by atoms with E-state index in [9.17, 15) is 13.2 Å². The smallest absolute Gasteiger partial charge is 0.234 e. The van der Waals surface area contributed by atoms with Gasteiger partial charge in [-0.15, -0.1) is 0 Å². The number of likely N-dealkylation sites (N-methyl/N-ethyl adjacent to an activating group) is 1. The fourth-order valence-corrected chi connectivity index (χ4v) is 6.82. The topological polar surface area (TPSA) is 69.7 Å². The second kappa shape index (κ2) is 8.78. The van der Waals surface area contributed by atoms with E-state index in [0.29, 0.717) is 13.0 Å². The molecular weight excluding hydrogens is 362 g/mol. The molecule has 2 aliphatic heterocycles. The predicted octanol–water partition coefficient (Wildman–Crippen LogP) is 1.66. The Labute approximate surface area is 165 Å². The summed E-state index contributed by atoms with van der Waals surface area (Å²) >= 11 is 0. The first-order valence-electron chi connectivity index (χ1n) is 10.7. The van der Waals surface area contributed by atoms with Gasteiger partial charge in [0.1, 0.15) is 0 Å². The van der Waals surface area contributed by atoms with E-state index < -0.39 is 9.84 Å².